The van der Waals surface area contributed by atoms with Gasteiger partial charge in [0.15, 0.2) is 0 Å². The van der Waals surface area contributed by atoms with E-state index in [1.165, 1.54) is 19.3 Å². The molecule has 0 aromatic carbocycles. The standard InChI is InChI=1S/C13H25NO/c1-5-12(15)11(2)14-9-6-7-13(3,4)8-10-14/h11H,5-10H2,1-4H3. The fraction of sp³-hybridized carbons (Fsp3) is 0.923. The number of hydrogen-bond acceptors (Lipinski definition) is 2. The Labute approximate surface area is 94.0 Å². The van der Waals surface area contributed by atoms with Crippen LogP contribution in [0.5, 0.6) is 0 Å². The van der Waals surface area contributed by atoms with Crippen LogP contribution in [0.25, 0.3) is 0 Å². The molecule has 1 fully saturated rings. The predicted octanol–water partition coefficient (Wildman–Crippen LogP) is 2.87. The number of nitrogens with zero attached hydrogens (tertiary/aromatic N) is 1. The SMILES string of the molecule is CCC(=O)C(C)N1CCCC(C)(C)CC1. The molecule has 1 aliphatic heterocycles. The summed E-state index contributed by atoms with van der Waals surface area (Å²) >= 11 is 0. The summed E-state index contributed by atoms with van der Waals surface area (Å²) < 4.78 is 0. The first-order chi connectivity index (χ1) is 6.96. The van der Waals surface area contributed by atoms with Crippen LogP contribution in [0.2, 0.25) is 0 Å². The predicted molar refractivity (Wildman–Crippen MR) is 64.0 cm³/mol. The molecule has 88 valence electrons. The van der Waals surface area contributed by atoms with Gasteiger partial charge in [0.25, 0.3) is 0 Å². The highest BCUT2D eigenvalue weighted by Crippen LogP contribution is 2.30. The van der Waals surface area contributed by atoms with Gasteiger partial charge in [0.2, 0.25) is 0 Å². The van der Waals surface area contributed by atoms with Crippen molar-refractivity contribution in [3.63, 3.8) is 0 Å². The third kappa shape index (κ3) is 3.60. The van der Waals surface area contributed by atoms with Gasteiger partial charge in [-0.2, -0.15) is 0 Å². The summed E-state index contributed by atoms with van der Waals surface area (Å²) in [5.74, 6) is 0.384. The summed E-state index contributed by atoms with van der Waals surface area (Å²) in [7, 11) is 0. The van der Waals surface area contributed by atoms with Gasteiger partial charge in [0.05, 0.1) is 6.04 Å². The zero-order valence-corrected chi connectivity index (χ0v) is 10.7. The van der Waals surface area contributed by atoms with Gasteiger partial charge >= 0.3 is 0 Å². The number of carbonyl (C=O) groups excluding carboxylic acids is 1. The number of rotatable bonds is 3. The monoisotopic (exact) mass is 211 g/mol. The molecular weight excluding hydrogens is 186 g/mol. The van der Waals surface area contributed by atoms with Crippen LogP contribution in [0.4, 0.5) is 0 Å². The van der Waals surface area contributed by atoms with Crippen molar-refractivity contribution in [1.82, 2.24) is 4.90 Å². The number of Topliss-reactive ketones (excluding diaryl/α,β-unsaturated/α-hetero) is 1. The number of hydrogen-bond donors (Lipinski definition) is 0. The molecule has 0 spiro atoms. The molecule has 1 rings (SSSR count). The van der Waals surface area contributed by atoms with E-state index in [9.17, 15) is 4.79 Å². The minimum atomic E-state index is 0.129. The Hall–Kier alpha value is -0.370. The van der Waals surface area contributed by atoms with Crippen molar-refractivity contribution >= 4 is 5.78 Å². The maximum atomic E-state index is 11.6. The second-order valence-corrected chi connectivity index (χ2v) is 5.55. The molecule has 1 atom stereocenters. The molecular formula is C13H25NO. The normalized spacial score (nSPS) is 24.5. The first kappa shape index (κ1) is 12.7. The van der Waals surface area contributed by atoms with Crippen molar-refractivity contribution in [2.75, 3.05) is 13.1 Å². The van der Waals surface area contributed by atoms with Crippen LogP contribution in [0.1, 0.15) is 53.4 Å². The van der Waals surface area contributed by atoms with Crippen molar-refractivity contribution in [1.29, 1.82) is 0 Å². The molecule has 2 heteroatoms. The summed E-state index contributed by atoms with van der Waals surface area (Å²) in [6.45, 7) is 10.9. The van der Waals surface area contributed by atoms with E-state index in [1.807, 2.05) is 6.92 Å². The van der Waals surface area contributed by atoms with Gasteiger partial charge in [0, 0.05) is 6.42 Å². The molecule has 0 N–H and O–H groups in total. The Balaban J connectivity index is 2.54. The zero-order chi connectivity index (χ0) is 11.5. The molecule has 0 saturated carbocycles. The van der Waals surface area contributed by atoms with Gasteiger partial charge in [-0.05, 0) is 44.7 Å². The van der Waals surface area contributed by atoms with Crippen LogP contribution in [-0.4, -0.2) is 29.8 Å². The molecule has 1 saturated heterocycles. The van der Waals surface area contributed by atoms with Crippen LogP contribution in [-0.2, 0) is 4.79 Å². The van der Waals surface area contributed by atoms with E-state index in [2.05, 4.69) is 25.7 Å². The molecule has 0 aromatic heterocycles. The molecule has 0 aliphatic carbocycles. The Morgan fingerprint density at radius 2 is 2.00 bits per heavy atom. The first-order valence-corrected chi connectivity index (χ1v) is 6.23. The summed E-state index contributed by atoms with van der Waals surface area (Å²) in [5, 5.41) is 0. The van der Waals surface area contributed by atoms with E-state index in [0.717, 1.165) is 13.1 Å². The average Bonchev–Trinajstić information content (AvgIpc) is 2.37. The fourth-order valence-corrected chi connectivity index (χ4v) is 2.33. The van der Waals surface area contributed by atoms with Crippen molar-refractivity contribution in [3.05, 3.63) is 0 Å². The summed E-state index contributed by atoms with van der Waals surface area (Å²) in [5.41, 5.74) is 0.462. The topological polar surface area (TPSA) is 20.3 Å². The molecule has 1 unspecified atom stereocenters. The Morgan fingerprint density at radius 1 is 1.33 bits per heavy atom. The lowest BCUT2D eigenvalue weighted by Gasteiger charge is -2.27. The minimum absolute atomic E-state index is 0.129. The van der Waals surface area contributed by atoms with Crippen molar-refractivity contribution in [2.45, 2.75) is 59.4 Å². The molecule has 0 bridgehead atoms. The Kier molecular flexibility index (Phi) is 4.32. The lowest BCUT2D eigenvalue weighted by molar-refractivity contribution is -0.123. The van der Waals surface area contributed by atoms with Gasteiger partial charge < -0.3 is 0 Å². The van der Waals surface area contributed by atoms with E-state index >= 15 is 0 Å². The summed E-state index contributed by atoms with van der Waals surface area (Å²) in [6.07, 6.45) is 4.40. The third-order valence-corrected chi connectivity index (χ3v) is 3.74. The quantitative estimate of drug-likeness (QED) is 0.715. The second kappa shape index (κ2) is 5.11. The molecule has 15 heavy (non-hydrogen) atoms. The molecule has 0 amide bonds. The van der Waals surface area contributed by atoms with Crippen LogP contribution >= 0.6 is 0 Å². The van der Waals surface area contributed by atoms with Crippen LogP contribution < -0.4 is 0 Å². The van der Waals surface area contributed by atoms with E-state index in [4.69, 9.17) is 0 Å². The lowest BCUT2D eigenvalue weighted by atomic mass is 9.85. The second-order valence-electron chi connectivity index (χ2n) is 5.55. The van der Waals surface area contributed by atoms with E-state index in [-0.39, 0.29) is 6.04 Å². The Bertz CT molecular complexity index is 223. The largest absolute Gasteiger partial charge is 0.298 e. The number of likely N-dealkylation sites (tertiary alicyclic amines) is 1. The van der Waals surface area contributed by atoms with E-state index in [0.29, 0.717) is 17.6 Å². The van der Waals surface area contributed by atoms with Gasteiger partial charge in [0.1, 0.15) is 5.78 Å². The molecule has 1 heterocycles. The van der Waals surface area contributed by atoms with Gasteiger partial charge in [-0.15, -0.1) is 0 Å². The highest BCUT2D eigenvalue weighted by molar-refractivity contribution is 5.83. The minimum Gasteiger partial charge on any atom is -0.298 e. The number of ketones is 1. The fourth-order valence-electron chi connectivity index (χ4n) is 2.33. The lowest BCUT2D eigenvalue weighted by Crippen LogP contribution is -2.39. The Morgan fingerprint density at radius 3 is 2.60 bits per heavy atom. The summed E-state index contributed by atoms with van der Waals surface area (Å²) in [4.78, 5) is 14.0. The molecule has 0 aromatic rings. The maximum absolute atomic E-state index is 11.6. The van der Waals surface area contributed by atoms with Gasteiger partial charge in [-0.1, -0.05) is 20.8 Å². The zero-order valence-electron chi connectivity index (χ0n) is 10.7. The summed E-state index contributed by atoms with van der Waals surface area (Å²) in [6, 6.07) is 0.129. The van der Waals surface area contributed by atoms with Crippen LogP contribution in [0, 0.1) is 5.41 Å². The highest BCUT2D eigenvalue weighted by Gasteiger charge is 2.27. The van der Waals surface area contributed by atoms with Crippen molar-refractivity contribution in [3.8, 4) is 0 Å². The first-order valence-electron chi connectivity index (χ1n) is 6.23. The highest BCUT2D eigenvalue weighted by atomic mass is 16.1. The number of carbonyl (C=O) groups is 1. The van der Waals surface area contributed by atoms with Crippen molar-refractivity contribution < 1.29 is 4.79 Å². The maximum Gasteiger partial charge on any atom is 0.149 e. The molecule has 0 radical (unpaired) electrons. The third-order valence-electron chi connectivity index (χ3n) is 3.74. The van der Waals surface area contributed by atoms with E-state index in [1.54, 1.807) is 0 Å². The molecule has 2 nitrogen and oxygen atoms in total. The smallest absolute Gasteiger partial charge is 0.149 e. The molecule has 1 aliphatic rings. The van der Waals surface area contributed by atoms with E-state index < -0.39 is 0 Å². The average molecular weight is 211 g/mol. The van der Waals surface area contributed by atoms with Gasteiger partial charge in [-0.25, -0.2) is 0 Å². The van der Waals surface area contributed by atoms with Crippen LogP contribution in [0.15, 0.2) is 0 Å². The van der Waals surface area contributed by atoms with Gasteiger partial charge in [-0.3, -0.25) is 9.69 Å². The van der Waals surface area contributed by atoms with Crippen LogP contribution in [0.3, 0.4) is 0 Å². The van der Waals surface area contributed by atoms with Crippen molar-refractivity contribution in [2.24, 2.45) is 5.41 Å².